The van der Waals surface area contributed by atoms with Gasteiger partial charge in [0.25, 0.3) is 5.91 Å². The number of nitrogens with two attached hydrogens (primary N) is 1. The zero-order chi connectivity index (χ0) is 18.7. The summed E-state index contributed by atoms with van der Waals surface area (Å²) in [7, 11) is 0. The Morgan fingerprint density at radius 1 is 1.27 bits per heavy atom. The van der Waals surface area contributed by atoms with Crippen molar-refractivity contribution in [3.63, 3.8) is 0 Å². The fraction of sp³-hybridized carbons (Fsp3) is 0.412. The fourth-order valence-corrected chi connectivity index (χ4v) is 3.57. The minimum atomic E-state index is -4.48. The Labute approximate surface area is 153 Å². The summed E-state index contributed by atoms with van der Waals surface area (Å²) < 4.78 is 39.3. The smallest absolute Gasteiger partial charge is 0.370 e. The number of rotatable bonds is 4. The number of thiazole rings is 1. The van der Waals surface area contributed by atoms with E-state index >= 15 is 0 Å². The van der Waals surface area contributed by atoms with Crippen LogP contribution in [0.4, 0.5) is 24.5 Å². The van der Waals surface area contributed by atoms with Gasteiger partial charge in [-0.05, 0) is 37.5 Å². The third-order valence-corrected chi connectivity index (χ3v) is 5.10. The van der Waals surface area contributed by atoms with Gasteiger partial charge < -0.3 is 16.0 Å². The van der Waals surface area contributed by atoms with Crippen LogP contribution in [-0.2, 0) is 12.7 Å². The molecule has 2 aromatic rings. The summed E-state index contributed by atoms with van der Waals surface area (Å²) in [6.45, 7) is 1.71. The van der Waals surface area contributed by atoms with Crippen molar-refractivity contribution in [2.75, 3.05) is 23.3 Å². The summed E-state index contributed by atoms with van der Waals surface area (Å²) in [4.78, 5) is 18.5. The maximum atomic E-state index is 13.1. The first-order valence-electron chi connectivity index (χ1n) is 8.30. The standard InChI is InChI=1S/C17H19F3N4OS/c18-17(19,20)11-4-5-14(24-6-2-1-3-7-24)12(8-11)23-16(25)13-10-26-15(9-21)22-13/h4-5,8,10H,1-3,6-7,9,21H2,(H,23,25). The number of benzene rings is 1. The van der Waals surface area contributed by atoms with Crippen molar-refractivity contribution < 1.29 is 18.0 Å². The summed E-state index contributed by atoms with van der Waals surface area (Å²) in [5, 5.41) is 4.74. The van der Waals surface area contributed by atoms with E-state index in [-0.39, 0.29) is 17.9 Å². The van der Waals surface area contributed by atoms with Crippen LogP contribution in [0.2, 0.25) is 0 Å². The lowest BCUT2D eigenvalue weighted by Crippen LogP contribution is -2.30. The van der Waals surface area contributed by atoms with Crippen LogP contribution in [0.25, 0.3) is 0 Å². The van der Waals surface area contributed by atoms with Crippen LogP contribution in [-0.4, -0.2) is 24.0 Å². The van der Waals surface area contributed by atoms with E-state index in [0.29, 0.717) is 10.7 Å². The van der Waals surface area contributed by atoms with Crippen LogP contribution in [0.1, 0.15) is 40.3 Å². The van der Waals surface area contributed by atoms with Gasteiger partial charge >= 0.3 is 6.18 Å². The molecule has 0 unspecified atom stereocenters. The monoisotopic (exact) mass is 384 g/mol. The molecule has 0 spiro atoms. The van der Waals surface area contributed by atoms with Gasteiger partial charge in [0.15, 0.2) is 0 Å². The number of halogens is 3. The maximum Gasteiger partial charge on any atom is 0.416 e. The highest BCUT2D eigenvalue weighted by atomic mass is 32.1. The number of piperidine rings is 1. The van der Waals surface area contributed by atoms with Crippen molar-refractivity contribution in [3.8, 4) is 0 Å². The molecule has 0 atom stereocenters. The highest BCUT2D eigenvalue weighted by molar-refractivity contribution is 7.09. The van der Waals surface area contributed by atoms with Gasteiger partial charge in [-0.3, -0.25) is 4.79 Å². The molecule has 140 valence electrons. The largest absolute Gasteiger partial charge is 0.416 e. The van der Waals surface area contributed by atoms with Gasteiger partial charge in [-0.25, -0.2) is 4.98 Å². The third kappa shape index (κ3) is 4.16. The zero-order valence-corrected chi connectivity index (χ0v) is 14.8. The van der Waals surface area contributed by atoms with Gasteiger partial charge in [0.2, 0.25) is 0 Å². The molecule has 26 heavy (non-hydrogen) atoms. The lowest BCUT2D eigenvalue weighted by atomic mass is 10.1. The van der Waals surface area contributed by atoms with E-state index < -0.39 is 17.6 Å². The Balaban J connectivity index is 1.91. The molecule has 0 saturated carbocycles. The van der Waals surface area contributed by atoms with Crippen molar-refractivity contribution in [1.82, 2.24) is 4.98 Å². The molecular weight excluding hydrogens is 365 g/mol. The van der Waals surface area contributed by atoms with E-state index in [0.717, 1.165) is 44.5 Å². The summed E-state index contributed by atoms with van der Waals surface area (Å²) in [5.41, 5.74) is 5.59. The van der Waals surface area contributed by atoms with E-state index in [1.54, 1.807) is 5.38 Å². The number of anilines is 2. The lowest BCUT2D eigenvalue weighted by Gasteiger charge is -2.31. The predicted molar refractivity (Wildman–Crippen MR) is 95.5 cm³/mol. The SMILES string of the molecule is NCc1nc(C(=O)Nc2cc(C(F)(F)F)ccc2N2CCCCC2)cs1. The summed E-state index contributed by atoms with van der Waals surface area (Å²) >= 11 is 1.24. The Hall–Kier alpha value is -2.13. The average molecular weight is 384 g/mol. The second-order valence-corrected chi connectivity index (χ2v) is 7.00. The molecule has 3 N–H and O–H groups in total. The second-order valence-electron chi connectivity index (χ2n) is 6.06. The number of nitrogens with zero attached hydrogens (tertiary/aromatic N) is 2. The van der Waals surface area contributed by atoms with E-state index in [1.165, 1.54) is 17.4 Å². The Morgan fingerprint density at radius 3 is 2.62 bits per heavy atom. The number of amides is 1. The molecule has 1 fully saturated rings. The number of alkyl halides is 3. The molecule has 3 rings (SSSR count). The molecule has 0 radical (unpaired) electrons. The highest BCUT2D eigenvalue weighted by Crippen LogP contribution is 2.36. The Morgan fingerprint density at radius 2 is 2.00 bits per heavy atom. The molecule has 2 heterocycles. The van der Waals surface area contributed by atoms with Crippen LogP contribution in [0.15, 0.2) is 23.6 Å². The molecule has 1 aliphatic rings. The lowest BCUT2D eigenvalue weighted by molar-refractivity contribution is -0.137. The highest BCUT2D eigenvalue weighted by Gasteiger charge is 2.32. The van der Waals surface area contributed by atoms with Gasteiger partial charge in [0.05, 0.1) is 16.9 Å². The zero-order valence-electron chi connectivity index (χ0n) is 14.0. The van der Waals surface area contributed by atoms with Crippen LogP contribution < -0.4 is 16.0 Å². The number of carbonyl (C=O) groups is 1. The van der Waals surface area contributed by atoms with Crippen molar-refractivity contribution in [2.45, 2.75) is 32.0 Å². The van der Waals surface area contributed by atoms with E-state index in [1.807, 2.05) is 4.90 Å². The Kier molecular flexibility index (Phi) is 5.47. The fourth-order valence-electron chi connectivity index (χ4n) is 2.92. The van der Waals surface area contributed by atoms with E-state index in [9.17, 15) is 18.0 Å². The van der Waals surface area contributed by atoms with Gasteiger partial charge in [-0.15, -0.1) is 11.3 Å². The first-order valence-corrected chi connectivity index (χ1v) is 9.18. The molecule has 1 amide bonds. The molecule has 0 aliphatic carbocycles. The first kappa shape index (κ1) is 18.7. The molecule has 1 saturated heterocycles. The van der Waals surface area contributed by atoms with Gasteiger partial charge in [-0.2, -0.15) is 13.2 Å². The predicted octanol–water partition coefficient (Wildman–Crippen LogP) is 3.86. The summed E-state index contributed by atoms with van der Waals surface area (Å²) in [6.07, 6.45) is -1.44. The normalized spacial score (nSPS) is 15.2. The molecule has 5 nitrogen and oxygen atoms in total. The molecule has 0 bridgehead atoms. The van der Waals surface area contributed by atoms with Crippen molar-refractivity contribution in [2.24, 2.45) is 5.73 Å². The molecule has 1 aromatic carbocycles. The van der Waals surface area contributed by atoms with Gasteiger partial charge in [-0.1, -0.05) is 0 Å². The van der Waals surface area contributed by atoms with Crippen LogP contribution >= 0.6 is 11.3 Å². The Bertz CT molecular complexity index is 785. The minimum absolute atomic E-state index is 0.147. The first-order chi connectivity index (χ1) is 12.4. The van der Waals surface area contributed by atoms with Crippen LogP contribution in [0.3, 0.4) is 0 Å². The molecule has 1 aromatic heterocycles. The van der Waals surface area contributed by atoms with Gasteiger partial charge in [0, 0.05) is 25.0 Å². The summed E-state index contributed by atoms with van der Waals surface area (Å²) in [6, 6.07) is 3.46. The number of nitrogens with one attached hydrogen (secondary N) is 1. The second kappa shape index (κ2) is 7.63. The molecule has 1 aliphatic heterocycles. The maximum absolute atomic E-state index is 13.1. The van der Waals surface area contributed by atoms with Crippen molar-refractivity contribution >= 4 is 28.6 Å². The number of hydrogen-bond acceptors (Lipinski definition) is 5. The van der Waals surface area contributed by atoms with Gasteiger partial charge in [0.1, 0.15) is 10.7 Å². The number of aromatic nitrogens is 1. The van der Waals surface area contributed by atoms with E-state index in [2.05, 4.69) is 10.3 Å². The third-order valence-electron chi connectivity index (χ3n) is 4.23. The van der Waals surface area contributed by atoms with Crippen molar-refractivity contribution in [3.05, 3.63) is 39.8 Å². The average Bonchev–Trinajstić information content (AvgIpc) is 3.11. The minimum Gasteiger partial charge on any atom is -0.370 e. The van der Waals surface area contributed by atoms with Crippen LogP contribution in [0, 0.1) is 0 Å². The number of hydrogen-bond donors (Lipinski definition) is 2. The molecule has 9 heteroatoms. The molecular formula is C17H19F3N4OS. The summed E-state index contributed by atoms with van der Waals surface area (Å²) in [5.74, 6) is -0.543. The topological polar surface area (TPSA) is 71.2 Å². The quantitative estimate of drug-likeness (QED) is 0.840. The van der Waals surface area contributed by atoms with E-state index in [4.69, 9.17) is 5.73 Å². The van der Waals surface area contributed by atoms with Crippen LogP contribution in [0.5, 0.6) is 0 Å². The van der Waals surface area contributed by atoms with Crippen molar-refractivity contribution in [1.29, 1.82) is 0 Å². The number of carbonyl (C=O) groups excluding carboxylic acids is 1.